The first-order valence-electron chi connectivity index (χ1n) is 3.46. The van der Waals surface area contributed by atoms with Gasteiger partial charge in [-0.3, -0.25) is 4.84 Å². The van der Waals surface area contributed by atoms with Crippen molar-refractivity contribution in [3.8, 4) is 0 Å². The minimum absolute atomic E-state index is 0.0781. The van der Waals surface area contributed by atoms with E-state index in [4.69, 9.17) is 5.73 Å². The van der Waals surface area contributed by atoms with Crippen molar-refractivity contribution in [2.75, 3.05) is 12.8 Å². The lowest BCUT2D eigenvalue weighted by molar-refractivity contribution is 0.153. The molecule has 6 heteroatoms. The van der Waals surface area contributed by atoms with Gasteiger partial charge >= 0.3 is 0 Å². The van der Waals surface area contributed by atoms with Crippen molar-refractivity contribution in [1.29, 1.82) is 0 Å². The lowest BCUT2D eigenvalue weighted by Gasteiger charge is -2.03. The van der Waals surface area contributed by atoms with E-state index in [0.717, 1.165) is 0 Å². The zero-order valence-electron chi connectivity index (χ0n) is 7.02. The van der Waals surface area contributed by atoms with Crippen molar-refractivity contribution in [3.63, 3.8) is 0 Å². The Labute approximate surface area is 76.5 Å². The molecule has 0 aliphatic rings. The van der Waals surface area contributed by atoms with Gasteiger partial charge in [0.2, 0.25) is 0 Å². The van der Waals surface area contributed by atoms with E-state index in [0.29, 0.717) is 5.69 Å². The van der Waals surface area contributed by atoms with Crippen LogP contribution in [0.3, 0.4) is 0 Å². The zero-order chi connectivity index (χ0) is 9.90. The molecular formula is C7H10N2O3S. The zero-order valence-corrected chi connectivity index (χ0v) is 7.84. The third-order valence-electron chi connectivity index (χ3n) is 1.36. The van der Waals surface area contributed by atoms with E-state index in [-0.39, 0.29) is 4.90 Å². The van der Waals surface area contributed by atoms with Crippen LogP contribution in [-0.2, 0) is 14.9 Å². The van der Waals surface area contributed by atoms with Crippen LogP contribution in [0.4, 0.5) is 5.69 Å². The summed E-state index contributed by atoms with van der Waals surface area (Å²) >= 11 is 0. The first kappa shape index (κ1) is 9.97. The summed E-state index contributed by atoms with van der Waals surface area (Å²) in [4.78, 5) is 6.28. The molecule has 0 aromatic heterocycles. The van der Waals surface area contributed by atoms with Crippen molar-refractivity contribution in [2.45, 2.75) is 4.90 Å². The molecule has 1 rings (SSSR count). The van der Waals surface area contributed by atoms with Crippen LogP contribution >= 0.6 is 0 Å². The van der Waals surface area contributed by atoms with Gasteiger partial charge < -0.3 is 5.73 Å². The minimum Gasteiger partial charge on any atom is -0.399 e. The van der Waals surface area contributed by atoms with Gasteiger partial charge in [-0.15, -0.1) is 0 Å². The first-order chi connectivity index (χ1) is 6.06. The van der Waals surface area contributed by atoms with Gasteiger partial charge in [-0.25, -0.2) is 8.42 Å². The van der Waals surface area contributed by atoms with Gasteiger partial charge in [0.1, 0.15) is 0 Å². The largest absolute Gasteiger partial charge is 0.399 e. The Morgan fingerprint density at radius 2 is 2.15 bits per heavy atom. The molecule has 0 radical (unpaired) electrons. The number of hydrogen-bond acceptors (Lipinski definition) is 4. The Morgan fingerprint density at radius 1 is 1.46 bits per heavy atom. The van der Waals surface area contributed by atoms with Crippen LogP contribution < -0.4 is 10.6 Å². The summed E-state index contributed by atoms with van der Waals surface area (Å²) in [6, 6.07) is 5.93. The number of nitrogen functional groups attached to an aromatic ring is 1. The smallest absolute Gasteiger partial charge is 0.262 e. The Morgan fingerprint density at radius 3 is 2.69 bits per heavy atom. The average Bonchev–Trinajstić information content (AvgIpc) is 2.04. The Bertz CT molecular complexity index is 388. The topological polar surface area (TPSA) is 81.4 Å². The van der Waals surface area contributed by atoms with Crippen LogP contribution in [0.15, 0.2) is 29.2 Å². The highest BCUT2D eigenvalue weighted by Gasteiger charge is 2.12. The molecule has 0 bridgehead atoms. The molecule has 5 nitrogen and oxygen atoms in total. The van der Waals surface area contributed by atoms with E-state index in [1.165, 1.54) is 19.2 Å². The number of sulfonamides is 1. The van der Waals surface area contributed by atoms with Crippen molar-refractivity contribution in [3.05, 3.63) is 24.3 Å². The maximum atomic E-state index is 11.3. The molecular weight excluding hydrogens is 192 g/mol. The van der Waals surface area contributed by atoms with Gasteiger partial charge in [0.05, 0.1) is 12.0 Å². The summed E-state index contributed by atoms with van der Waals surface area (Å²) in [5, 5.41) is 0. The Balaban J connectivity index is 3.08. The molecule has 0 saturated carbocycles. The van der Waals surface area contributed by atoms with Crippen molar-refractivity contribution < 1.29 is 13.3 Å². The SMILES string of the molecule is CONS(=O)(=O)c1cccc(N)c1. The highest BCUT2D eigenvalue weighted by molar-refractivity contribution is 7.89. The number of nitrogens with one attached hydrogen (secondary N) is 1. The summed E-state index contributed by atoms with van der Waals surface area (Å²) in [7, 11) is -2.36. The predicted octanol–water partition coefficient (Wildman–Crippen LogP) is 0.108. The number of hydrogen-bond donors (Lipinski definition) is 2. The van der Waals surface area contributed by atoms with E-state index in [1.54, 1.807) is 12.1 Å². The van der Waals surface area contributed by atoms with Crippen LogP contribution in [-0.4, -0.2) is 15.5 Å². The molecule has 0 unspecified atom stereocenters. The quantitative estimate of drug-likeness (QED) is 0.538. The van der Waals surface area contributed by atoms with Gasteiger partial charge in [0.15, 0.2) is 0 Å². The normalized spacial score (nSPS) is 11.5. The maximum Gasteiger partial charge on any atom is 0.262 e. The third kappa shape index (κ3) is 2.41. The summed E-state index contributed by atoms with van der Waals surface area (Å²) in [5.41, 5.74) is 5.81. The third-order valence-corrected chi connectivity index (χ3v) is 2.62. The molecule has 0 aliphatic carbocycles. The van der Waals surface area contributed by atoms with Gasteiger partial charge in [-0.1, -0.05) is 11.0 Å². The molecule has 0 aliphatic heterocycles. The first-order valence-corrected chi connectivity index (χ1v) is 4.95. The number of benzene rings is 1. The van der Waals surface area contributed by atoms with E-state index in [1.807, 2.05) is 4.89 Å². The fraction of sp³-hybridized carbons (Fsp3) is 0.143. The molecule has 0 fully saturated rings. The summed E-state index contributed by atoms with van der Waals surface area (Å²) in [6.07, 6.45) is 0. The van der Waals surface area contributed by atoms with Gasteiger partial charge in [0.25, 0.3) is 10.0 Å². The van der Waals surface area contributed by atoms with Crippen LogP contribution in [0.25, 0.3) is 0 Å². The molecule has 72 valence electrons. The second-order valence-electron chi connectivity index (χ2n) is 2.36. The molecule has 1 aromatic carbocycles. The van der Waals surface area contributed by atoms with E-state index in [2.05, 4.69) is 4.84 Å². The van der Waals surface area contributed by atoms with Gasteiger partial charge in [0, 0.05) is 5.69 Å². The molecule has 0 amide bonds. The monoisotopic (exact) mass is 202 g/mol. The standard InChI is InChI=1S/C7H10N2O3S/c1-12-9-13(10,11)7-4-2-3-6(8)5-7/h2-5,9H,8H2,1H3. The van der Waals surface area contributed by atoms with Crippen molar-refractivity contribution >= 4 is 15.7 Å². The number of rotatable bonds is 3. The van der Waals surface area contributed by atoms with E-state index >= 15 is 0 Å². The highest BCUT2D eigenvalue weighted by Crippen LogP contribution is 2.11. The van der Waals surface area contributed by atoms with Crippen molar-refractivity contribution in [2.24, 2.45) is 0 Å². The number of anilines is 1. The van der Waals surface area contributed by atoms with E-state index in [9.17, 15) is 8.42 Å². The van der Waals surface area contributed by atoms with Crippen LogP contribution in [0.1, 0.15) is 0 Å². The Hall–Kier alpha value is -1.11. The molecule has 0 atom stereocenters. The molecule has 3 N–H and O–H groups in total. The lowest BCUT2D eigenvalue weighted by Crippen LogP contribution is -2.22. The summed E-state index contributed by atoms with van der Waals surface area (Å²) < 4.78 is 22.6. The Kier molecular flexibility index (Phi) is 2.86. The molecule has 1 aromatic rings. The van der Waals surface area contributed by atoms with Crippen LogP contribution in [0.5, 0.6) is 0 Å². The fourth-order valence-corrected chi connectivity index (χ4v) is 1.70. The second-order valence-corrected chi connectivity index (χ2v) is 4.01. The lowest BCUT2D eigenvalue weighted by atomic mass is 10.3. The van der Waals surface area contributed by atoms with Crippen molar-refractivity contribution in [1.82, 2.24) is 4.89 Å². The maximum absolute atomic E-state index is 11.3. The molecule has 0 heterocycles. The average molecular weight is 202 g/mol. The summed E-state index contributed by atoms with van der Waals surface area (Å²) in [5.74, 6) is 0. The second kappa shape index (κ2) is 3.73. The molecule has 13 heavy (non-hydrogen) atoms. The van der Waals surface area contributed by atoms with Crippen LogP contribution in [0, 0.1) is 0 Å². The van der Waals surface area contributed by atoms with Gasteiger partial charge in [-0.2, -0.15) is 0 Å². The molecule has 0 saturated heterocycles. The predicted molar refractivity (Wildman–Crippen MR) is 48.2 cm³/mol. The minimum atomic E-state index is -3.59. The van der Waals surface area contributed by atoms with Crippen LogP contribution in [0.2, 0.25) is 0 Å². The highest BCUT2D eigenvalue weighted by atomic mass is 32.2. The van der Waals surface area contributed by atoms with Gasteiger partial charge in [-0.05, 0) is 18.2 Å². The summed E-state index contributed by atoms with van der Waals surface area (Å²) in [6.45, 7) is 0. The fourth-order valence-electron chi connectivity index (χ4n) is 0.840. The number of nitrogens with two attached hydrogens (primary N) is 1. The molecule has 0 spiro atoms. The van der Waals surface area contributed by atoms with E-state index < -0.39 is 10.0 Å².